The maximum absolute atomic E-state index is 11.7. The molecule has 0 spiro atoms. The molecule has 1 saturated carbocycles. The van der Waals surface area contributed by atoms with Crippen molar-refractivity contribution in [3.8, 4) is 5.75 Å². The van der Waals surface area contributed by atoms with Crippen molar-refractivity contribution in [1.82, 2.24) is 5.32 Å². The Kier molecular flexibility index (Phi) is 2.99. The maximum Gasteiger partial charge on any atom is 0.321 e. The SMILES string of the molecule is COc1ccc(N(C)C(=O)NC2CC2)cc1. The topological polar surface area (TPSA) is 41.6 Å². The zero-order chi connectivity index (χ0) is 11.5. The van der Waals surface area contributed by atoms with Gasteiger partial charge in [0.2, 0.25) is 0 Å². The number of urea groups is 1. The lowest BCUT2D eigenvalue weighted by atomic mass is 10.3. The molecule has 0 bridgehead atoms. The van der Waals surface area contributed by atoms with Gasteiger partial charge >= 0.3 is 6.03 Å². The standard InChI is InChI=1S/C12H16N2O2/c1-14(12(15)13-9-3-4-9)10-5-7-11(16-2)8-6-10/h5-9H,3-4H2,1-2H3,(H,13,15). The first-order chi connectivity index (χ1) is 7.70. The highest BCUT2D eigenvalue weighted by molar-refractivity contribution is 5.91. The summed E-state index contributed by atoms with van der Waals surface area (Å²) < 4.78 is 5.06. The number of nitrogens with zero attached hydrogens (tertiary/aromatic N) is 1. The summed E-state index contributed by atoms with van der Waals surface area (Å²) in [6.45, 7) is 0. The van der Waals surface area contributed by atoms with E-state index in [1.807, 2.05) is 24.3 Å². The molecule has 2 rings (SSSR count). The Morgan fingerprint density at radius 3 is 2.50 bits per heavy atom. The molecule has 0 aromatic heterocycles. The molecule has 1 aromatic carbocycles. The number of nitrogens with one attached hydrogen (secondary N) is 1. The molecule has 2 amide bonds. The van der Waals surface area contributed by atoms with Crippen LogP contribution in [0.25, 0.3) is 0 Å². The summed E-state index contributed by atoms with van der Waals surface area (Å²) in [6.07, 6.45) is 2.20. The quantitative estimate of drug-likeness (QED) is 0.846. The molecule has 0 radical (unpaired) electrons. The Labute approximate surface area is 95.2 Å². The average Bonchev–Trinajstić information content (AvgIpc) is 3.12. The van der Waals surface area contributed by atoms with Gasteiger partial charge < -0.3 is 10.1 Å². The number of hydrogen-bond acceptors (Lipinski definition) is 2. The lowest BCUT2D eigenvalue weighted by Gasteiger charge is -2.18. The van der Waals surface area contributed by atoms with Crippen molar-refractivity contribution in [3.05, 3.63) is 24.3 Å². The molecule has 0 aliphatic heterocycles. The van der Waals surface area contributed by atoms with Crippen LogP contribution < -0.4 is 15.0 Å². The zero-order valence-corrected chi connectivity index (χ0v) is 9.56. The van der Waals surface area contributed by atoms with Crippen LogP contribution >= 0.6 is 0 Å². The summed E-state index contributed by atoms with van der Waals surface area (Å²) in [5.41, 5.74) is 0.860. The molecule has 4 heteroatoms. The fourth-order valence-corrected chi connectivity index (χ4v) is 1.42. The Bertz CT molecular complexity index is 371. The number of rotatable bonds is 3. The van der Waals surface area contributed by atoms with Gasteiger partial charge in [0.05, 0.1) is 7.11 Å². The van der Waals surface area contributed by atoms with Crippen LogP contribution in [0.4, 0.5) is 10.5 Å². The van der Waals surface area contributed by atoms with E-state index in [9.17, 15) is 4.79 Å². The minimum Gasteiger partial charge on any atom is -0.497 e. The molecule has 0 atom stereocenters. The Morgan fingerprint density at radius 1 is 1.38 bits per heavy atom. The van der Waals surface area contributed by atoms with Crippen molar-refractivity contribution in [2.75, 3.05) is 19.1 Å². The third-order valence-corrected chi connectivity index (χ3v) is 2.67. The first kappa shape index (κ1) is 10.8. The van der Waals surface area contributed by atoms with Gasteiger partial charge in [-0.1, -0.05) is 0 Å². The van der Waals surface area contributed by atoms with Gasteiger partial charge in [-0.3, -0.25) is 4.90 Å². The van der Waals surface area contributed by atoms with Gasteiger partial charge in [0.15, 0.2) is 0 Å². The normalized spacial score (nSPS) is 14.4. The summed E-state index contributed by atoms with van der Waals surface area (Å²) in [5, 5.41) is 2.94. The maximum atomic E-state index is 11.7. The van der Waals surface area contributed by atoms with E-state index in [2.05, 4.69) is 5.32 Å². The Balaban J connectivity index is 2.00. The summed E-state index contributed by atoms with van der Waals surface area (Å²) in [4.78, 5) is 13.3. The van der Waals surface area contributed by atoms with Crippen LogP contribution in [0.3, 0.4) is 0 Å². The van der Waals surface area contributed by atoms with Crippen molar-refractivity contribution in [1.29, 1.82) is 0 Å². The lowest BCUT2D eigenvalue weighted by Crippen LogP contribution is -2.38. The number of ether oxygens (including phenoxy) is 1. The number of methoxy groups -OCH3 is 1. The zero-order valence-electron chi connectivity index (χ0n) is 9.56. The van der Waals surface area contributed by atoms with Crippen LogP contribution in [-0.4, -0.2) is 26.2 Å². The predicted molar refractivity (Wildman–Crippen MR) is 63.0 cm³/mol. The van der Waals surface area contributed by atoms with Crippen molar-refractivity contribution in [3.63, 3.8) is 0 Å². The molecule has 1 aliphatic carbocycles. The number of carbonyl (C=O) groups is 1. The first-order valence-corrected chi connectivity index (χ1v) is 5.39. The third-order valence-electron chi connectivity index (χ3n) is 2.67. The first-order valence-electron chi connectivity index (χ1n) is 5.39. The molecule has 0 unspecified atom stereocenters. The van der Waals surface area contributed by atoms with E-state index in [-0.39, 0.29) is 6.03 Å². The summed E-state index contributed by atoms with van der Waals surface area (Å²) in [7, 11) is 3.39. The minimum atomic E-state index is -0.0485. The van der Waals surface area contributed by atoms with E-state index < -0.39 is 0 Å². The number of hydrogen-bond donors (Lipinski definition) is 1. The summed E-state index contributed by atoms with van der Waals surface area (Å²) in [5.74, 6) is 0.791. The third kappa shape index (κ3) is 2.45. The second-order valence-electron chi connectivity index (χ2n) is 3.98. The molecule has 0 saturated heterocycles. The van der Waals surface area contributed by atoms with Crippen LogP contribution in [0.1, 0.15) is 12.8 Å². The van der Waals surface area contributed by atoms with E-state index in [1.165, 1.54) is 0 Å². The second kappa shape index (κ2) is 4.43. The van der Waals surface area contributed by atoms with Gasteiger partial charge in [0.25, 0.3) is 0 Å². The summed E-state index contributed by atoms with van der Waals surface area (Å²) >= 11 is 0. The largest absolute Gasteiger partial charge is 0.497 e. The van der Waals surface area contributed by atoms with Crippen molar-refractivity contribution < 1.29 is 9.53 Å². The van der Waals surface area contributed by atoms with Crippen molar-refractivity contribution in [2.45, 2.75) is 18.9 Å². The molecule has 1 N–H and O–H groups in total. The van der Waals surface area contributed by atoms with E-state index in [0.717, 1.165) is 24.3 Å². The predicted octanol–water partition coefficient (Wildman–Crippen LogP) is 2.00. The molecule has 4 nitrogen and oxygen atoms in total. The minimum absolute atomic E-state index is 0.0485. The molecule has 1 aromatic rings. The molecule has 0 heterocycles. The fourth-order valence-electron chi connectivity index (χ4n) is 1.42. The van der Waals surface area contributed by atoms with Crippen LogP contribution in [0.15, 0.2) is 24.3 Å². The van der Waals surface area contributed by atoms with Crippen LogP contribution in [0.2, 0.25) is 0 Å². The Hall–Kier alpha value is -1.71. The van der Waals surface area contributed by atoms with Gasteiger partial charge in [0.1, 0.15) is 5.75 Å². The number of amides is 2. The van der Waals surface area contributed by atoms with Crippen molar-refractivity contribution >= 4 is 11.7 Å². The van der Waals surface area contributed by atoms with Crippen LogP contribution in [0, 0.1) is 0 Å². The molecular formula is C12H16N2O2. The molecule has 1 fully saturated rings. The Morgan fingerprint density at radius 2 is 2.00 bits per heavy atom. The smallest absolute Gasteiger partial charge is 0.321 e. The van der Waals surface area contributed by atoms with E-state index in [4.69, 9.17) is 4.74 Å². The molecular weight excluding hydrogens is 204 g/mol. The highest BCUT2D eigenvalue weighted by atomic mass is 16.5. The van der Waals surface area contributed by atoms with Gasteiger partial charge in [-0.15, -0.1) is 0 Å². The molecule has 86 valence electrons. The van der Waals surface area contributed by atoms with Crippen LogP contribution in [-0.2, 0) is 0 Å². The second-order valence-corrected chi connectivity index (χ2v) is 3.98. The average molecular weight is 220 g/mol. The van der Waals surface area contributed by atoms with Gasteiger partial charge in [-0.05, 0) is 37.1 Å². The monoisotopic (exact) mass is 220 g/mol. The van der Waals surface area contributed by atoms with E-state index in [0.29, 0.717) is 6.04 Å². The number of benzene rings is 1. The number of carbonyl (C=O) groups excluding carboxylic acids is 1. The van der Waals surface area contributed by atoms with E-state index >= 15 is 0 Å². The highest BCUT2D eigenvalue weighted by Gasteiger charge is 2.24. The highest BCUT2D eigenvalue weighted by Crippen LogP contribution is 2.21. The van der Waals surface area contributed by atoms with Gasteiger partial charge in [0, 0.05) is 18.8 Å². The van der Waals surface area contributed by atoms with E-state index in [1.54, 1.807) is 19.1 Å². The molecule has 1 aliphatic rings. The van der Waals surface area contributed by atoms with Crippen LogP contribution in [0.5, 0.6) is 5.75 Å². The lowest BCUT2D eigenvalue weighted by molar-refractivity contribution is 0.247. The van der Waals surface area contributed by atoms with Gasteiger partial charge in [-0.25, -0.2) is 4.79 Å². The summed E-state index contributed by atoms with van der Waals surface area (Å²) in [6, 6.07) is 7.75. The van der Waals surface area contributed by atoms with Gasteiger partial charge in [-0.2, -0.15) is 0 Å². The van der Waals surface area contributed by atoms with Crippen molar-refractivity contribution in [2.24, 2.45) is 0 Å². The molecule has 16 heavy (non-hydrogen) atoms. The number of anilines is 1. The fraction of sp³-hybridized carbons (Fsp3) is 0.417.